The number of ether oxygens (including phenoxy) is 2. The van der Waals surface area contributed by atoms with Crippen LogP contribution in [0.15, 0.2) is 73.3 Å². The van der Waals surface area contributed by atoms with Crippen LogP contribution in [0.1, 0.15) is 67.2 Å². The summed E-state index contributed by atoms with van der Waals surface area (Å²) >= 11 is 5.92. The minimum absolute atomic E-state index is 0.131. The zero-order chi connectivity index (χ0) is 47.2. The molecule has 10 rings (SSSR count). The summed E-state index contributed by atoms with van der Waals surface area (Å²) in [5.74, 6) is -0.508. The van der Waals surface area contributed by atoms with Gasteiger partial charge in [-0.2, -0.15) is 0 Å². The van der Waals surface area contributed by atoms with Gasteiger partial charge in [-0.3, -0.25) is 9.59 Å². The molecule has 0 spiro atoms. The summed E-state index contributed by atoms with van der Waals surface area (Å²) in [5, 5.41) is 22.5. The molecule has 2 atom stereocenters. The number of hydrogen-bond acceptors (Lipinski definition) is 12. The van der Waals surface area contributed by atoms with E-state index in [0.717, 1.165) is 60.6 Å². The molecule has 0 aliphatic carbocycles. The highest BCUT2D eigenvalue weighted by molar-refractivity contribution is 6.28. The molecule has 0 saturated carbocycles. The second-order valence-electron chi connectivity index (χ2n) is 16.9. The van der Waals surface area contributed by atoms with E-state index in [1.807, 2.05) is 41.4 Å². The lowest BCUT2D eigenvalue weighted by molar-refractivity contribution is 0.0682. The Morgan fingerprint density at radius 3 is 1.72 bits per heavy atom. The van der Waals surface area contributed by atoms with E-state index in [-0.39, 0.29) is 55.3 Å². The van der Waals surface area contributed by atoms with Gasteiger partial charge in [-0.05, 0) is 108 Å². The lowest BCUT2D eigenvalue weighted by Crippen LogP contribution is -2.39. The first-order valence-corrected chi connectivity index (χ1v) is 22.5. The Balaban J connectivity index is 0.000000163. The molecule has 0 bridgehead atoms. The number of aliphatic hydroxyl groups excluding tert-OH is 2. The van der Waals surface area contributed by atoms with E-state index >= 15 is 0 Å². The molecule has 2 saturated heterocycles. The third kappa shape index (κ3) is 11.2. The number of hydrogen-bond donors (Lipinski definition) is 4. The van der Waals surface area contributed by atoms with Crippen molar-refractivity contribution in [1.82, 2.24) is 38.9 Å². The van der Waals surface area contributed by atoms with Crippen LogP contribution in [-0.2, 0) is 48.9 Å². The number of aromatic nitrogens is 6. The molecule has 2 amide bonds. The third-order valence-electron chi connectivity index (χ3n) is 12.1. The van der Waals surface area contributed by atoms with Crippen LogP contribution in [0.25, 0.3) is 22.5 Å². The van der Waals surface area contributed by atoms with Gasteiger partial charge in [-0.25, -0.2) is 28.7 Å². The minimum Gasteiger partial charge on any atom is -0.392 e. The number of benzene rings is 2. The molecule has 4 aromatic heterocycles. The standard InChI is InChI=1S/C24H26FN5O3.C20H18ClFN4O2.C4H9NO/c1-15-10-26-24(27-20-4-7-33-14-20)28-22(15)18-9-21-23(32)30(6-5-29(21)12-18)11-17-8-19(25)3-2-16(17)13-31;1-12-8-23-20(21)24-18(12)15-7-17-19(28)26(5-4-25(17)10-15)9-14-6-16(22)3-2-13(14)11-27;5-4-1-2-6-3-4/h2-3,8-10,12,20,31H,4-7,11,13-14H2,1H3,(H,26,27,28);2-3,6-8,10,27H,4-5,9,11H2,1H3;4H,1-3,5H2. The summed E-state index contributed by atoms with van der Waals surface area (Å²) in [6, 6.07) is 12.6. The number of nitrogens with zero attached hydrogens (tertiary/aromatic N) is 8. The maximum atomic E-state index is 13.7. The van der Waals surface area contributed by atoms with E-state index in [9.17, 15) is 28.6 Å². The van der Waals surface area contributed by atoms with Crippen molar-refractivity contribution in [2.45, 2.75) is 78.2 Å². The zero-order valence-corrected chi connectivity index (χ0v) is 38.1. The first-order valence-electron chi connectivity index (χ1n) is 22.1. The smallest absolute Gasteiger partial charge is 0.270 e. The molecule has 4 aliphatic heterocycles. The summed E-state index contributed by atoms with van der Waals surface area (Å²) in [4.78, 5) is 46.9. The molecule has 4 aliphatic rings. The van der Waals surface area contributed by atoms with Gasteiger partial charge in [0.15, 0.2) is 0 Å². The number of amides is 2. The lowest BCUT2D eigenvalue weighted by Gasteiger charge is -2.29. The Bertz CT molecular complexity index is 2740. The van der Waals surface area contributed by atoms with Crippen LogP contribution in [0.3, 0.4) is 0 Å². The van der Waals surface area contributed by atoms with Crippen molar-refractivity contribution in [3.05, 3.63) is 135 Å². The Hall–Kier alpha value is -6.15. The third-order valence-corrected chi connectivity index (χ3v) is 12.3. The van der Waals surface area contributed by atoms with Crippen molar-refractivity contribution in [2.24, 2.45) is 5.73 Å². The Morgan fingerprint density at radius 1 is 0.716 bits per heavy atom. The molecule has 0 radical (unpaired) electrons. The maximum absolute atomic E-state index is 13.7. The molecule has 352 valence electrons. The van der Waals surface area contributed by atoms with E-state index in [0.29, 0.717) is 84.1 Å². The molecule has 16 nitrogen and oxygen atoms in total. The quantitative estimate of drug-likeness (QED) is 0.123. The number of halogens is 3. The van der Waals surface area contributed by atoms with Gasteiger partial charge >= 0.3 is 0 Å². The van der Waals surface area contributed by atoms with Crippen molar-refractivity contribution in [2.75, 3.05) is 44.8 Å². The van der Waals surface area contributed by atoms with Gasteiger partial charge in [0.25, 0.3) is 11.8 Å². The topological polar surface area (TPSA) is 199 Å². The molecule has 2 aromatic carbocycles. The molecular weight excluding hydrogens is 886 g/mol. The van der Waals surface area contributed by atoms with Crippen LogP contribution in [0.2, 0.25) is 5.28 Å². The van der Waals surface area contributed by atoms with E-state index < -0.39 is 5.82 Å². The predicted molar refractivity (Wildman–Crippen MR) is 246 cm³/mol. The van der Waals surface area contributed by atoms with Crippen LogP contribution in [0.5, 0.6) is 0 Å². The first-order chi connectivity index (χ1) is 32.4. The second kappa shape index (κ2) is 21.2. The normalized spacial score (nSPS) is 17.7. The number of nitrogens with two attached hydrogens (primary N) is 1. The minimum atomic E-state index is -0.390. The number of rotatable bonds is 10. The Kier molecular flexibility index (Phi) is 15.0. The molecule has 2 unspecified atom stereocenters. The number of aryl methyl sites for hydroxylation is 2. The van der Waals surface area contributed by atoms with E-state index in [2.05, 4.69) is 20.3 Å². The monoisotopic (exact) mass is 938 g/mol. The molecule has 5 N–H and O–H groups in total. The highest BCUT2D eigenvalue weighted by Crippen LogP contribution is 2.30. The van der Waals surface area contributed by atoms with Gasteiger partial charge in [0.2, 0.25) is 11.2 Å². The number of aliphatic hydroxyl groups is 2. The molecular formula is C48H53ClF2N10O6. The fraction of sp³-hybridized carbons (Fsp3) is 0.375. The van der Waals surface area contributed by atoms with Crippen molar-refractivity contribution < 1.29 is 38.1 Å². The number of anilines is 1. The number of fused-ring (bicyclic) bond motifs is 2. The van der Waals surface area contributed by atoms with Crippen molar-refractivity contribution in [3.63, 3.8) is 0 Å². The second-order valence-corrected chi connectivity index (χ2v) is 17.3. The van der Waals surface area contributed by atoms with Crippen molar-refractivity contribution in [3.8, 4) is 22.5 Å². The molecule has 8 heterocycles. The van der Waals surface area contributed by atoms with Crippen molar-refractivity contribution in [1.29, 1.82) is 0 Å². The highest BCUT2D eigenvalue weighted by atomic mass is 35.5. The summed E-state index contributed by atoms with van der Waals surface area (Å²) < 4.78 is 41.5. The average Bonchev–Trinajstić information content (AvgIpc) is 4.17. The summed E-state index contributed by atoms with van der Waals surface area (Å²) in [6.07, 6.45) is 9.23. The van der Waals surface area contributed by atoms with Gasteiger partial charge < -0.3 is 49.7 Å². The van der Waals surface area contributed by atoms with E-state index in [4.69, 9.17) is 31.8 Å². The van der Waals surface area contributed by atoms with Gasteiger partial charge in [-0.1, -0.05) is 12.1 Å². The average molecular weight is 939 g/mol. The maximum Gasteiger partial charge on any atom is 0.270 e. The molecule has 6 aromatic rings. The Labute approximate surface area is 391 Å². The molecule has 2 fully saturated rings. The van der Waals surface area contributed by atoms with Crippen molar-refractivity contribution >= 4 is 29.4 Å². The number of carbonyl (C=O) groups excluding carboxylic acids is 2. The SMILES string of the molecule is Cc1cnc(Cl)nc1-c1cc2n(c1)CCN(Cc1cc(F)ccc1CO)C2=O.Cc1cnc(NC2CCOC2)nc1-c1cc2n(c1)CCN(Cc1cc(F)ccc1CO)C2=O.NC1CCOC1. The van der Waals surface area contributed by atoms with Crippen LogP contribution < -0.4 is 11.1 Å². The zero-order valence-electron chi connectivity index (χ0n) is 37.3. The Morgan fingerprint density at radius 2 is 1.24 bits per heavy atom. The summed E-state index contributed by atoms with van der Waals surface area (Å²) in [6.45, 7) is 9.15. The predicted octanol–water partition coefficient (Wildman–Crippen LogP) is 5.67. The molecule has 67 heavy (non-hydrogen) atoms. The largest absolute Gasteiger partial charge is 0.392 e. The van der Waals surface area contributed by atoms with Crippen LogP contribution >= 0.6 is 11.6 Å². The van der Waals surface area contributed by atoms with E-state index in [1.54, 1.807) is 40.4 Å². The lowest BCUT2D eigenvalue weighted by atomic mass is 10.1. The van der Waals surface area contributed by atoms with Crippen LogP contribution in [-0.4, -0.2) is 112 Å². The highest BCUT2D eigenvalue weighted by Gasteiger charge is 2.29. The molecule has 19 heteroatoms. The van der Waals surface area contributed by atoms with Gasteiger partial charge in [0, 0.05) is 94.4 Å². The summed E-state index contributed by atoms with van der Waals surface area (Å²) in [7, 11) is 0. The number of nitrogens with one attached hydrogen (secondary N) is 1. The fourth-order valence-electron chi connectivity index (χ4n) is 8.40. The van der Waals surface area contributed by atoms with Crippen LogP contribution in [0.4, 0.5) is 14.7 Å². The van der Waals surface area contributed by atoms with Gasteiger partial charge in [-0.15, -0.1) is 0 Å². The first kappa shape index (κ1) is 47.3. The fourth-order valence-corrected chi connectivity index (χ4v) is 8.53. The van der Waals surface area contributed by atoms with E-state index in [1.165, 1.54) is 24.3 Å². The van der Waals surface area contributed by atoms with Gasteiger partial charge in [0.1, 0.15) is 23.0 Å². The van der Waals surface area contributed by atoms with Gasteiger partial charge in [0.05, 0.1) is 43.9 Å². The van der Waals surface area contributed by atoms with Crippen LogP contribution in [0, 0.1) is 25.5 Å². The number of carbonyl (C=O) groups is 2. The summed E-state index contributed by atoms with van der Waals surface area (Å²) in [5.41, 5.74) is 13.9.